The van der Waals surface area contributed by atoms with Crippen molar-refractivity contribution in [2.24, 2.45) is 5.92 Å². The maximum absolute atomic E-state index is 13.1. The van der Waals surface area contributed by atoms with Crippen LogP contribution in [0.5, 0.6) is 0 Å². The molecular weight excluding hydrogens is 344 g/mol. The number of rotatable bonds is 3. The Hall–Kier alpha value is -1.43. The van der Waals surface area contributed by atoms with Crippen LogP contribution in [0, 0.1) is 5.92 Å². The lowest BCUT2D eigenvalue weighted by molar-refractivity contribution is 0.101. The zero-order valence-electron chi connectivity index (χ0n) is 15.5. The Morgan fingerprint density at radius 1 is 0.846 bits per heavy atom. The van der Waals surface area contributed by atoms with Crippen LogP contribution in [0.25, 0.3) is 10.8 Å². The van der Waals surface area contributed by atoms with Crippen LogP contribution < -0.4 is 0 Å². The van der Waals surface area contributed by atoms with E-state index in [4.69, 9.17) is 0 Å². The van der Waals surface area contributed by atoms with Gasteiger partial charge in [0.1, 0.15) is 0 Å². The van der Waals surface area contributed by atoms with Crippen molar-refractivity contribution >= 4 is 20.8 Å². The highest BCUT2D eigenvalue weighted by atomic mass is 32.2. The summed E-state index contributed by atoms with van der Waals surface area (Å²) in [7, 11) is -3.40. The maximum Gasteiger partial charge on any atom is 0.243 e. The monoisotopic (exact) mass is 372 g/mol. The summed E-state index contributed by atoms with van der Waals surface area (Å²) in [5, 5.41) is 2.05. The van der Waals surface area contributed by atoms with Gasteiger partial charge in [0.2, 0.25) is 10.0 Å². The van der Waals surface area contributed by atoms with Crippen LogP contribution in [0.4, 0.5) is 0 Å². The summed E-state index contributed by atoms with van der Waals surface area (Å²) in [5.41, 5.74) is 0. The molecule has 0 amide bonds. The summed E-state index contributed by atoms with van der Waals surface area (Å²) in [4.78, 5) is 3.00. The molecule has 0 N–H and O–H groups in total. The highest BCUT2D eigenvalue weighted by molar-refractivity contribution is 7.89. The van der Waals surface area contributed by atoms with Gasteiger partial charge in [-0.1, -0.05) is 37.3 Å². The largest absolute Gasteiger partial charge is 0.300 e. The number of hydrogen-bond acceptors (Lipinski definition) is 3. The summed E-state index contributed by atoms with van der Waals surface area (Å²) < 4.78 is 27.8. The molecule has 140 valence electrons. The van der Waals surface area contributed by atoms with E-state index in [1.165, 1.54) is 25.9 Å². The molecule has 0 aromatic heterocycles. The van der Waals surface area contributed by atoms with Gasteiger partial charge >= 0.3 is 0 Å². The fraction of sp³-hybridized carbons (Fsp3) is 0.524. The fourth-order valence-corrected chi connectivity index (χ4v) is 5.82. The Morgan fingerprint density at radius 3 is 2.19 bits per heavy atom. The van der Waals surface area contributed by atoms with E-state index in [2.05, 4.69) is 11.8 Å². The lowest BCUT2D eigenvalue weighted by atomic mass is 9.95. The summed E-state index contributed by atoms with van der Waals surface area (Å²) in [6, 6.07) is 13.9. The molecule has 2 aliphatic rings. The van der Waals surface area contributed by atoms with Gasteiger partial charge in [-0.25, -0.2) is 8.42 Å². The van der Waals surface area contributed by atoms with Crippen molar-refractivity contribution in [3.8, 4) is 0 Å². The van der Waals surface area contributed by atoms with Crippen LogP contribution in [-0.4, -0.2) is 49.8 Å². The smallest absolute Gasteiger partial charge is 0.243 e. The van der Waals surface area contributed by atoms with E-state index in [1.807, 2.05) is 36.4 Å². The Labute approximate surface area is 156 Å². The normalized spacial score (nSPS) is 22.0. The lowest BCUT2D eigenvalue weighted by Crippen LogP contribution is -2.48. The molecule has 2 fully saturated rings. The number of hydrogen-bond donors (Lipinski definition) is 0. The van der Waals surface area contributed by atoms with E-state index >= 15 is 0 Å². The topological polar surface area (TPSA) is 40.6 Å². The molecule has 0 bridgehead atoms. The minimum absolute atomic E-state index is 0.418. The van der Waals surface area contributed by atoms with Crippen molar-refractivity contribution in [1.82, 2.24) is 9.21 Å². The van der Waals surface area contributed by atoms with Crippen LogP contribution in [0.15, 0.2) is 47.4 Å². The number of benzene rings is 2. The molecule has 4 rings (SSSR count). The fourth-order valence-electron chi connectivity index (χ4n) is 4.32. The predicted octanol–water partition coefficient (Wildman–Crippen LogP) is 3.72. The maximum atomic E-state index is 13.1. The molecule has 0 radical (unpaired) electrons. The molecule has 0 aliphatic carbocycles. The summed E-state index contributed by atoms with van der Waals surface area (Å²) in [5.74, 6) is 0.833. The summed E-state index contributed by atoms with van der Waals surface area (Å²) >= 11 is 0. The standard InChI is InChI=1S/C21H28N2O2S/c1-17-8-12-22(13-9-17)20-10-14-23(15-11-20)26(24,25)21-7-6-18-4-2-3-5-19(18)16-21/h2-7,16-17,20H,8-15H2,1H3. The number of sulfonamides is 1. The third-order valence-corrected chi connectivity index (χ3v) is 8.01. The van der Waals surface area contributed by atoms with Crippen molar-refractivity contribution in [3.63, 3.8) is 0 Å². The van der Waals surface area contributed by atoms with Crippen LogP contribution in [-0.2, 0) is 10.0 Å². The summed E-state index contributed by atoms with van der Waals surface area (Å²) in [6.07, 6.45) is 4.44. The average Bonchev–Trinajstić information content (AvgIpc) is 2.68. The third-order valence-electron chi connectivity index (χ3n) is 6.12. The van der Waals surface area contributed by atoms with Crippen LogP contribution in [0.3, 0.4) is 0 Å². The van der Waals surface area contributed by atoms with Crippen molar-refractivity contribution in [2.75, 3.05) is 26.2 Å². The second-order valence-corrected chi connectivity index (χ2v) is 9.80. The van der Waals surface area contributed by atoms with Gasteiger partial charge in [-0.3, -0.25) is 0 Å². The van der Waals surface area contributed by atoms with Crippen LogP contribution in [0.2, 0.25) is 0 Å². The van der Waals surface area contributed by atoms with Crippen molar-refractivity contribution in [3.05, 3.63) is 42.5 Å². The molecule has 2 heterocycles. The second-order valence-electron chi connectivity index (χ2n) is 7.86. The zero-order chi connectivity index (χ0) is 18.1. The predicted molar refractivity (Wildman–Crippen MR) is 106 cm³/mol. The van der Waals surface area contributed by atoms with Crippen molar-refractivity contribution in [1.29, 1.82) is 0 Å². The molecule has 0 spiro atoms. The third kappa shape index (κ3) is 3.53. The van der Waals surface area contributed by atoms with Gasteiger partial charge in [-0.15, -0.1) is 0 Å². The SMILES string of the molecule is CC1CCN(C2CCN(S(=O)(=O)c3ccc4ccccc4c3)CC2)CC1. The minimum Gasteiger partial charge on any atom is -0.300 e. The molecular formula is C21H28N2O2S. The quantitative estimate of drug-likeness (QED) is 0.824. The molecule has 2 aliphatic heterocycles. The first-order valence-corrected chi connectivity index (χ1v) is 11.2. The van der Waals surface area contributed by atoms with E-state index in [0.29, 0.717) is 24.0 Å². The number of fused-ring (bicyclic) bond motifs is 1. The van der Waals surface area contributed by atoms with Gasteiger partial charge in [-0.2, -0.15) is 4.31 Å². The van der Waals surface area contributed by atoms with Gasteiger partial charge in [0, 0.05) is 19.1 Å². The van der Waals surface area contributed by atoms with Gasteiger partial charge in [0.25, 0.3) is 0 Å². The zero-order valence-corrected chi connectivity index (χ0v) is 16.3. The van der Waals surface area contributed by atoms with E-state index in [-0.39, 0.29) is 0 Å². The first kappa shape index (κ1) is 18.0. The highest BCUT2D eigenvalue weighted by Crippen LogP contribution is 2.27. The van der Waals surface area contributed by atoms with Crippen molar-refractivity contribution in [2.45, 2.75) is 43.5 Å². The first-order valence-electron chi connectivity index (χ1n) is 9.77. The van der Waals surface area contributed by atoms with Crippen LogP contribution >= 0.6 is 0 Å². The number of nitrogens with zero attached hydrogens (tertiary/aromatic N) is 2. The molecule has 0 atom stereocenters. The van der Waals surface area contributed by atoms with Crippen molar-refractivity contribution < 1.29 is 8.42 Å². The van der Waals surface area contributed by atoms with Gasteiger partial charge in [0.05, 0.1) is 4.90 Å². The molecule has 0 unspecified atom stereocenters. The molecule has 0 saturated carbocycles. The van der Waals surface area contributed by atoms with E-state index in [0.717, 1.165) is 29.5 Å². The highest BCUT2D eigenvalue weighted by Gasteiger charge is 2.32. The van der Waals surface area contributed by atoms with Crippen LogP contribution in [0.1, 0.15) is 32.6 Å². The van der Waals surface area contributed by atoms with Gasteiger partial charge < -0.3 is 4.90 Å². The lowest BCUT2D eigenvalue weighted by Gasteiger charge is -2.41. The number of piperidine rings is 2. The summed E-state index contributed by atoms with van der Waals surface area (Å²) in [6.45, 7) is 5.93. The Bertz CT molecular complexity index is 864. The second kappa shape index (κ2) is 7.29. The number of likely N-dealkylation sites (tertiary alicyclic amines) is 1. The molecule has 5 heteroatoms. The Balaban J connectivity index is 1.45. The van der Waals surface area contributed by atoms with E-state index in [1.54, 1.807) is 10.4 Å². The van der Waals surface area contributed by atoms with E-state index in [9.17, 15) is 8.42 Å². The molecule has 2 aromatic carbocycles. The average molecular weight is 373 g/mol. The van der Waals surface area contributed by atoms with Gasteiger partial charge in [-0.05, 0) is 67.6 Å². The molecule has 2 aromatic rings. The molecule has 26 heavy (non-hydrogen) atoms. The first-order chi connectivity index (χ1) is 12.5. The molecule has 4 nitrogen and oxygen atoms in total. The van der Waals surface area contributed by atoms with Gasteiger partial charge in [0.15, 0.2) is 0 Å². The molecule has 2 saturated heterocycles. The van der Waals surface area contributed by atoms with E-state index < -0.39 is 10.0 Å². The Morgan fingerprint density at radius 2 is 1.50 bits per heavy atom. The Kier molecular flexibility index (Phi) is 5.04. The minimum atomic E-state index is -3.40.